The summed E-state index contributed by atoms with van der Waals surface area (Å²) in [5.74, 6) is -3.53. The Bertz CT molecular complexity index is 3400. The number of ether oxygens (including phenoxy) is 3. The molecule has 3 aliphatic rings. The van der Waals surface area contributed by atoms with Gasteiger partial charge in [0.15, 0.2) is 0 Å². The number of carbonyl (C=O) groups excluding carboxylic acids is 6. The zero-order valence-corrected chi connectivity index (χ0v) is 52.8. The summed E-state index contributed by atoms with van der Waals surface area (Å²) in [5.41, 5.74) is 1.06. The van der Waals surface area contributed by atoms with E-state index >= 15 is 4.39 Å². The van der Waals surface area contributed by atoms with Gasteiger partial charge in [0.05, 0.1) is 77.7 Å². The Hall–Kier alpha value is -7.96. The number of benzene rings is 2. The number of hydrogen-bond acceptors (Lipinski definition) is 18. The second-order valence-electron chi connectivity index (χ2n) is 23.9. The van der Waals surface area contributed by atoms with E-state index in [0.29, 0.717) is 57.5 Å². The number of piperazine rings is 2. The van der Waals surface area contributed by atoms with Crippen molar-refractivity contribution in [2.75, 3.05) is 114 Å². The van der Waals surface area contributed by atoms with Crippen molar-refractivity contribution in [1.29, 1.82) is 0 Å². The highest BCUT2D eigenvalue weighted by Crippen LogP contribution is 2.38. The molecule has 29 heteroatoms. The lowest BCUT2D eigenvalue weighted by Crippen LogP contribution is -2.58. The SMILES string of the molecule is Cc1ncsc1-c1ccc(CNC(=O)[C@@H]2C[C@@H](O)CN2C(=O)C(NC(=O)COCCOCCOCCNC(=O)CCC(=O)N2CCN(c3ncc(-c4cc(NC(=O)c5c[nH]c(=O)cc5C(F)(F)F)c(N5C[C@@H](C)N(C)[C@@H](C)C5)cc4F)cn3)CC2)C(C)(C)C)cc1. The number of nitrogens with one attached hydrogen (secondary N) is 5. The number of aliphatic hydroxyl groups is 1. The number of β-amino-alcohol motifs (C(OH)–C–C–N with tert-alkyl or cyclic N) is 1. The zero-order valence-electron chi connectivity index (χ0n) is 52.0. The molecule has 0 bridgehead atoms. The number of aliphatic hydroxyl groups excluding tert-OH is 1. The second-order valence-corrected chi connectivity index (χ2v) is 24.8. The molecule has 5 aromatic rings. The van der Waals surface area contributed by atoms with Crippen LogP contribution in [-0.2, 0) is 50.9 Å². The van der Waals surface area contributed by atoms with Gasteiger partial charge in [-0.3, -0.25) is 38.5 Å². The predicted octanol–water partition coefficient (Wildman–Crippen LogP) is 4.61. The first kappa shape index (κ1) is 68.9. The number of aromatic nitrogens is 4. The Morgan fingerprint density at radius 1 is 0.813 bits per heavy atom. The molecule has 8 rings (SSSR count). The van der Waals surface area contributed by atoms with Gasteiger partial charge in [0, 0.05) is 126 Å². The van der Waals surface area contributed by atoms with Gasteiger partial charge in [-0.15, -0.1) is 11.3 Å². The third-order valence-electron chi connectivity index (χ3n) is 16.2. The normalized spacial score (nSPS) is 18.5. The molecular weight excluding hydrogens is 1210 g/mol. The molecule has 3 aliphatic heterocycles. The standard InChI is InChI=1S/C62H79F4N13O11S/c1-37-32-78(33-38(2)75(37)7)49-27-47(63)44(25-48(49)73-57(85)45-31-68-52(82)26-46(45)62(64,65)66)42-29-70-60(71-30-42)77-17-15-76(16-18-77)54(84)13-12-51(81)67-14-19-88-20-21-89-22-23-90-35-53(83)74-56(61(4,5)6)59(87)79-34-43(80)24-50(79)58(86)69-28-40-8-10-41(11-9-40)55-39(3)72-36-91-55/h8-11,25-27,29-31,36-38,43,50,56,80H,12-24,28,32-35H2,1-7H3,(H,67,81)(H,68,82)(H,69,86)(H,73,85)(H,74,83)/t37-,38+,43-,50+,56?/m1/s1. The van der Waals surface area contributed by atoms with E-state index in [1.807, 2.05) is 61.9 Å². The number of aryl methyl sites for hydroxylation is 1. The number of carbonyl (C=O) groups is 6. The number of nitrogens with zero attached hydrogens (tertiary/aromatic N) is 8. The van der Waals surface area contributed by atoms with Crippen molar-refractivity contribution in [2.24, 2.45) is 5.41 Å². The van der Waals surface area contributed by atoms with Gasteiger partial charge in [0.2, 0.25) is 41.0 Å². The lowest BCUT2D eigenvalue weighted by molar-refractivity contribution is -0.144. The molecule has 6 amide bonds. The number of hydrogen-bond donors (Lipinski definition) is 6. The zero-order chi connectivity index (χ0) is 65.7. The number of aromatic amines is 1. The molecule has 0 aliphatic carbocycles. The molecule has 24 nitrogen and oxygen atoms in total. The van der Waals surface area contributed by atoms with Gasteiger partial charge < -0.3 is 65.2 Å². The average molecular weight is 1290 g/mol. The predicted molar refractivity (Wildman–Crippen MR) is 331 cm³/mol. The molecular formula is C62H79F4N13O11S. The summed E-state index contributed by atoms with van der Waals surface area (Å²) in [6.07, 6.45) is -2.45. The number of halogens is 4. The number of thiazole rings is 1. The molecule has 3 saturated heterocycles. The molecule has 6 N–H and O–H groups in total. The van der Waals surface area contributed by atoms with Gasteiger partial charge in [-0.2, -0.15) is 13.2 Å². The van der Waals surface area contributed by atoms with Crippen LogP contribution < -0.4 is 36.6 Å². The number of likely N-dealkylation sites (tertiary alicyclic amines) is 1. The number of likely N-dealkylation sites (N-methyl/N-ethyl adjacent to an activating group) is 1. The molecule has 3 fully saturated rings. The van der Waals surface area contributed by atoms with Crippen LogP contribution in [0.25, 0.3) is 21.6 Å². The fourth-order valence-electron chi connectivity index (χ4n) is 10.9. The fourth-order valence-corrected chi connectivity index (χ4v) is 11.7. The van der Waals surface area contributed by atoms with Crippen LogP contribution in [0.1, 0.15) is 81.1 Å². The molecule has 3 aromatic heterocycles. The minimum atomic E-state index is -5.02. The van der Waals surface area contributed by atoms with E-state index in [-0.39, 0.29) is 125 Å². The molecule has 0 saturated carbocycles. The van der Waals surface area contributed by atoms with E-state index in [1.54, 1.807) is 42.5 Å². The largest absolute Gasteiger partial charge is 0.417 e. The maximum atomic E-state index is 16.2. The topological polar surface area (TPSA) is 286 Å². The van der Waals surface area contributed by atoms with Crippen molar-refractivity contribution in [3.63, 3.8) is 0 Å². The summed E-state index contributed by atoms with van der Waals surface area (Å²) < 4.78 is 74.7. The van der Waals surface area contributed by atoms with Crippen molar-refractivity contribution < 1.29 is 65.6 Å². The summed E-state index contributed by atoms with van der Waals surface area (Å²) in [4.78, 5) is 117. The minimum absolute atomic E-state index is 0.00907. The Kier molecular flexibility index (Phi) is 23.4. The molecule has 91 heavy (non-hydrogen) atoms. The van der Waals surface area contributed by atoms with Crippen molar-refractivity contribution in [1.82, 2.24) is 50.6 Å². The van der Waals surface area contributed by atoms with Crippen molar-refractivity contribution in [3.8, 4) is 21.6 Å². The fraction of sp³-hybridized carbons (Fsp3) is 0.516. The highest BCUT2D eigenvalue weighted by Gasteiger charge is 2.45. The Morgan fingerprint density at radius 3 is 2.11 bits per heavy atom. The van der Waals surface area contributed by atoms with E-state index in [0.717, 1.165) is 21.7 Å². The first-order chi connectivity index (χ1) is 43.2. The van der Waals surface area contributed by atoms with Crippen LogP contribution in [0.3, 0.4) is 0 Å². The number of H-pyrrole nitrogens is 1. The van der Waals surface area contributed by atoms with Gasteiger partial charge in [-0.25, -0.2) is 19.3 Å². The molecule has 492 valence electrons. The molecule has 0 radical (unpaired) electrons. The van der Waals surface area contributed by atoms with E-state index in [1.165, 1.54) is 29.4 Å². The highest BCUT2D eigenvalue weighted by molar-refractivity contribution is 7.13. The molecule has 5 atom stereocenters. The number of rotatable bonds is 25. The van der Waals surface area contributed by atoms with Crippen molar-refractivity contribution in [3.05, 3.63) is 105 Å². The Labute approximate surface area is 528 Å². The summed E-state index contributed by atoms with van der Waals surface area (Å²) >= 11 is 1.55. The monoisotopic (exact) mass is 1290 g/mol. The highest BCUT2D eigenvalue weighted by atomic mass is 32.1. The van der Waals surface area contributed by atoms with Gasteiger partial charge in [0.1, 0.15) is 24.5 Å². The minimum Gasteiger partial charge on any atom is -0.391 e. The number of pyridine rings is 1. The van der Waals surface area contributed by atoms with Crippen molar-refractivity contribution in [2.45, 2.75) is 104 Å². The number of alkyl halides is 3. The molecule has 2 aromatic carbocycles. The van der Waals surface area contributed by atoms with Crippen LogP contribution in [0.15, 0.2) is 71.4 Å². The second kappa shape index (κ2) is 30.9. The first-order valence-electron chi connectivity index (χ1n) is 30.1. The van der Waals surface area contributed by atoms with E-state index in [2.05, 4.69) is 46.1 Å². The van der Waals surface area contributed by atoms with E-state index in [4.69, 9.17) is 14.2 Å². The van der Waals surface area contributed by atoms with Crippen LogP contribution in [-0.4, -0.2) is 205 Å². The summed E-state index contributed by atoms with van der Waals surface area (Å²) in [6, 6.07) is 8.69. The lowest BCUT2D eigenvalue weighted by atomic mass is 9.85. The quantitative estimate of drug-likeness (QED) is 0.0344. The van der Waals surface area contributed by atoms with Gasteiger partial charge in [0.25, 0.3) is 5.91 Å². The third kappa shape index (κ3) is 18.4. The molecule has 6 heterocycles. The van der Waals surface area contributed by atoms with Crippen LogP contribution in [0.4, 0.5) is 34.9 Å². The van der Waals surface area contributed by atoms with E-state index in [9.17, 15) is 51.8 Å². The number of anilines is 3. The summed E-state index contributed by atoms with van der Waals surface area (Å²) in [5, 5.41) is 21.5. The van der Waals surface area contributed by atoms with E-state index < -0.39 is 75.9 Å². The van der Waals surface area contributed by atoms with Crippen LogP contribution in [0.2, 0.25) is 0 Å². The molecule has 1 unspecified atom stereocenters. The van der Waals surface area contributed by atoms with Gasteiger partial charge in [-0.05, 0) is 56.5 Å². The maximum Gasteiger partial charge on any atom is 0.417 e. The average Bonchev–Trinajstić information content (AvgIpc) is 1.33. The maximum absolute atomic E-state index is 16.2. The van der Waals surface area contributed by atoms with Gasteiger partial charge >= 0.3 is 6.18 Å². The Morgan fingerprint density at radius 2 is 1.47 bits per heavy atom. The molecule has 0 spiro atoms. The Balaban J connectivity index is 0.696. The van der Waals surface area contributed by atoms with Crippen molar-refractivity contribution >= 4 is 64.1 Å². The smallest absolute Gasteiger partial charge is 0.391 e. The summed E-state index contributed by atoms with van der Waals surface area (Å²) in [6.45, 7) is 14.3. The van der Waals surface area contributed by atoms with Gasteiger partial charge in [-0.1, -0.05) is 45.0 Å². The third-order valence-corrected chi connectivity index (χ3v) is 17.2. The van der Waals surface area contributed by atoms with Crippen LogP contribution >= 0.6 is 11.3 Å². The first-order valence-corrected chi connectivity index (χ1v) is 30.9. The van der Waals surface area contributed by atoms with Crippen LogP contribution in [0.5, 0.6) is 0 Å². The summed E-state index contributed by atoms with van der Waals surface area (Å²) in [7, 11) is 1.95. The van der Waals surface area contributed by atoms with Crippen LogP contribution in [0, 0.1) is 18.2 Å². The lowest BCUT2D eigenvalue weighted by Gasteiger charge is -2.44. The number of amides is 6.